The summed E-state index contributed by atoms with van der Waals surface area (Å²) in [5.74, 6) is 0.128. The van der Waals surface area contributed by atoms with Crippen molar-refractivity contribution in [3.05, 3.63) is 59.2 Å². The Bertz CT molecular complexity index is 1180. The molecule has 0 aliphatic carbocycles. The van der Waals surface area contributed by atoms with Gasteiger partial charge in [-0.05, 0) is 42.7 Å². The van der Waals surface area contributed by atoms with Crippen molar-refractivity contribution in [3.63, 3.8) is 0 Å². The van der Waals surface area contributed by atoms with Crippen molar-refractivity contribution < 1.29 is 28.3 Å². The number of carbonyl (C=O) groups is 1. The van der Waals surface area contributed by atoms with E-state index in [9.17, 15) is 14.3 Å². The molecule has 0 saturated carbocycles. The van der Waals surface area contributed by atoms with Gasteiger partial charge in [0.1, 0.15) is 10.8 Å². The molecule has 1 N–H and O–H groups in total. The van der Waals surface area contributed by atoms with Crippen molar-refractivity contribution in [2.45, 2.75) is 13.5 Å². The summed E-state index contributed by atoms with van der Waals surface area (Å²) in [6.45, 7) is 1.15. The lowest BCUT2D eigenvalue weighted by atomic mass is 10.1. The molecule has 0 atom stereocenters. The highest BCUT2D eigenvalue weighted by atomic mass is 32.2. The predicted molar refractivity (Wildman–Crippen MR) is 123 cm³/mol. The van der Waals surface area contributed by atoms with Crippen molar-refractivity contribution in [2.24, 2.45) is 9.98 Å². The maximum atomic E-state index is 14.4. The Morgan fingerprint density at radius 3 is 2.52 bits per heavy atom. The van der Waals surface area contributed by atoms with Gasteiger partial charge >= 0.3 is 6.09 Å². The topological polar surface area (TPSA) is 119 Å². The number of halogens is 1. The molecular formula is C22H21FN4O5S. The molecule has 0 saturated heterocycles. The highest BCUT2D eigenvalue weighted by molar-refractivity contribution is 8.15. The second kappa shape index (κ2) is 10.8. The van der Waals surface area contributed by atoms with Crippen LogP contribution in [0.15, 0.2) is 50.9 Å². The molecule has 0 bridgehead atoms. The van der Waals surface area contributed by atoms with Crippen LogP contribution < -0.4 is 4.74 Å². The summed E-state index contributed by atoms with van der Waals surface area (Å²) in [7, 11) is 2.53. The van der Waals surface area contributed by atoms with Crippen LogP contribution in [0.25, 0.3) is 11.4 Å². The minimum Gasteiger partial charge on any atom is -0.494 e. The van der Waals surface area contributed by atoms with Crippen LogP contribution in [0.5, 0.6) is 5.75 Å². The first-order chi connectivity index (χ1) is 15.9. The summed E-state index contributed by atoms with van der Waals surface area (Å²) in [4.78, 5) is 24.6. The number of carbonyl (C=O) groups excluding carboxylic acids is 1. The third-order valence-electron chi connectivity index (χ3n) is 4.44. The molecule has 0 unspecified atom stereocenters. The van der Waals surface area contributed by atoms with Gasteiger partial charge in [-0.25, -0.2) is 14.2 Å². The van der Waals surface area contributed by atoms with Crippen molar-refractivity contribution in [1.29, 1.82) is 0 Å². The van der Waals surface area contributed by atoms with Gasteiger partial charge < -0.3 is 19.1 Å². The van der Waals surface area contributed by atoms with E-state index in [1.807, 2.05) is 0 Å². The molecule has 1 aromatic heterocycles. The standard InChI is InChI=1S/C22H21FN4O5S/c1-12-24-20(27-32-12)13-5-7-16(8-6-13)25-19(21(33-4)26-22(29)31-3)14-9-15(11-28)18(23)17(10-14)30-2/h5-10,28H,11H2,1-4H3/b25-19?,26-21-. The molecule has 0 fully saturated rings. The molecule has 9 nitrogen and oxygen atoms in total. The number of aliphatic hydroxyl groups excluding tert-OH is 1. The maximum absolute atomic E-state index is 14.4. The average Bonchev–Trinajstić information content (AvgIpc) is 3.27. The summed E-state index contributed by atoms with van der Waals surface area (Å²) < 4.78 is 29.2. The Morgan fingerprint density at radius 2 is 1.97 bits per heavy atom. The van der Waals surface area contributed by atoms with Gasteiger partial charge in [-0.1, -0.05) is 5.16 Å². The van der Waals surface area contributed by atoms with Crippen molar-refractivity contribution >= 4 is 34.3 Å². The number of aromatic nitrogens is 2. The van der Waals surface area contributed by atoms with E-state index in [4.69, 9.17) is 9.26 Å². The normalized spacial score (nSPS) is 12.1. The monoisotopic (exact) mass is 472 g/mol. The quantitative estimate of drug-likeness (QED) is 0.416. The number of amides is 1. The van der Waals surface area contributed by atoms with Crippen LogP contribution in [0.1, 0.15) is 17.0 Å². The minimum atomic E-state index is -0.814. The number of aliphatic imine (C=N–C) groups is 2. The van der Waals surface area contributed by atoms with Crippen molar-refractivity contribution in [1.82, 2.24) is 10.1 Å². The van der Waals surface area contributed by atoms with Crippen molar-refractivity contribution in [2.75, 3.05) is 20.5 Å². The Balaban J connectivity index is 2.14. The molecule has 1 heterocycles. The third-order valence-corrected chi connectivity index (χ3v) is 5.11. The fraction of sp³-hybridized carbons (Fsp3) is 0.227. The summed E-state index contributed by atoms with van der Waals surface area (Å²) in [6.07, 6.45) is 0.901. The molecule has 3 aromatic rings. The Morgan fingerprint density at radius 1 is 1.24 bits per heavy atom. The van der Waals surface area contributed by atoms with Gasteiger partial charge in [-0.2, -0.15) is 9.98 Å². The van der Waals surface area contributed by atoms with Crippen LogP contribution in [0, 0.1) is 12.7 Å². The first-order valence-electron chi connectivity index (χ1n) is 9.58. The number of methoxy groups -OCH3 is 2. The molecule has 3 rings (SSSR count). The van der Waals surface area contributed by atoms with E-state index in [0.29, 0.717) is 23.0 Å². The van der Waals surface area contributed by atoms with Gasteiger partial charge in [0.05, 0.1) is 26.5 Å². The SMILES string of the molecule is COC(=O)/N=C(\SC)C(=Nc1ccc(-c2noc(C)n2)cc1)c1cc(CO)c(F)c(OC)c1. The molecule has 33 heavy (non-hydrogen) atoms. The van der Waals surface area contributed by atoms with Gasteiger partial charge in [-0.3, -0.25) is 0 Å². The lowest BCUT2D eigenvalue weighted by molar-refractivity contribution is 0.183. The molecule has 0 radical (unpaired) electrons. The minimum absolute atomic E-state index is 0.0124. The molecule has 0 aliphatic heterocycles. The van der Waals surface area contributed by atoms with E-state index in [1.54, 1.807) is 37.4 Å². The summed E-state index contributed by atoms with van der Waals surface area (Å²) >= 11 is 1.16. The lowest BCUT2D eigenvalue weighted by Crippen LogP contribution is -2.15. The number of ether oxygens (including phenoxy) is 2. The zero-order chi connectivity index (χ0) is 24.0. The molecule has 2 aromatic carbocycles. The van der Waals surface area contributed by atoms with Crippen LogP contribution >= 0.6 is 11.8 Å². The highest BCUT2D eigenvalue weighted by Crippen LogP contribution is 2.27. The second-order valence-corrected chi connectivity index (χ2v) is 7.34. The number of hydrogen-bond donors (Lipinski definition) is 1. The van der Waals surface area contributed by atoms with E-state index >= 15 is 0 Å². The smallest absolute Gasteiger partial charge is 0.434 e. The average molecular weight is 472 g/mol. The van der Waals surface area contributed by atoms with Crippen LogP contribution in [0.3, 0.4) is 0 Å². The summed E-state index contributed by atoms with van der Waals surface area (Å²) in [5.41, 5.74) is 1.93. The van der Waals surface area contributed by atoms with E-state index in [-0.39, 0.29) is 22.1 Å². The van der Waals surface area contributed by atoms with Gasteiger partial charge in [0.2, 0.25) is 11.7 Å². The predicted octanol–water partition coefficient (Wildman–Crippen LogP) is 4.33. The van der Waals surface area contributed by atoms with Crippen molar-refractivity contribution in [3.8, 4) is 17.1 Å². The summed E-state index contributed by atoms with van der Waals surface area (Å²) in [5, 5.41) is 13.7. The number of thioether (sulfide) groups is 1. The van der Waals surface area contributed by atoms with E-state index in [1.165, 1.54) is 26.4 Å². The summed E-state index contributed by atoms with van der Waals surface area (Å²) in [6, 6.07) is 9.83. The maximum Gasteiger partial charge on any atom is 0.434 e. The number of aryl methyl sites for hydroxylation is 1. The highest BCUT2D eigenvalue weighted by Gasteiger charge is 2.19. The Hall–Kier alpha value is -3.57. The number of hydrogen-bond acceptors (Lipinski definition) is 9. The molecule has 1 amide bonds. The van der Waals surface area contributed by atoms with E-state index in [2.05, 4.69) is 24.9 Å². The zero-order valence-electron chi connectivity index (χ0n) is 18.3. The van der Waals surface area contributed by atoms with Gasteiger partial charge in [0.15, 0.2) is 11.6 Å². The molecular weight excluding hydrogens is 451 g/mol. The van der Waals surface area contributed by atoms with Crippen LogP contribution in [-0.4, -0.2) is 52.6 Å². The number of rotatable bonds is 6. The lowest BCUT2D eigenvalue weighted by Gasteiger charge is -2.13. The molecule has 0 aliphatic rings. The molecule has 11 heteroatoms. The van der Waals surface area contributed by atoms with Crippen LogP contribution in [0.2, 0.25) is 0 Å². The third kappa shape index (κ3) is 5.62. The Labute approximate surface area is 193 Å². The first-order valence-corrected chi connectivity index (χ1v) is 10.8. The van der Waals surface area contributed by atoms with Crippen LogP contribution in [-0.2, 0) is 11.3 Å². The first kappa shape index (κ1) is 24.1. The largest absolute Gasteiger partial charge is 0.494 e. The zero-order valence-corrected chi connectivity index (χ0v) is 19.1. The Kier molecular flexibility index (Phi) is 7.91. The van der Waals surface area contributed by atoms with Gasteiger partial charge in [0.25, 0.3) is 0 Å². The fourth-order valence-corrected chi connectivity index (χ4v) is 3.37. The molecule has 0 spiro atoms. The van der Waals surface area contributed by atoms with Gasteiger partial charge in [-0.15, -0.1) is 11.8 Å². The number of benzene rings is 2. The van der Waals surface area contributed by atoms with E-state index < -0.39 is 18.5 Å². The van der Waals surface area contributed by atoms with Gasteiger partial charge in [0, 0.05) is 23.6 Å². The van der Waals surface area contributed by atoms with Crippen LogP contribution in [0.4, 0.5) is 14.9 Å². The molecule has 172 valence electrons. The van der Waals surface area contributed by atoms with E-state index in [0.717, 1.165) is 17.3 Å². The number of aliphatic hydroxyl groups is 1. The second-order valence-electron chi connectivity index (χ2n) is 6.55. The fourth-order valence-electron chi connectivity index (χ4n) is 2.85. The number of nitrogens with zero attached hydrogens (tertiary/aromatic N) is 4.